The summed E-state index contributed by atoms with van der Waals surface area (Å²) >= 11 is 0. The molecule has 0 N–H and O–H groups in total. The van der Waals surface area contributed by atoms with Crippen LogP contribution in [-0.4, -0.2) is 37.2 Å². The van der Waals surface area contributed by atoms with Crippen LogP contribution in [0.15, 0.2) is 60.8 Å². The SMILES string of the molecule is CCCCC/C=C\C/C=C\CCCCCCCCCC(=O)OC(COC(=O)CCCCCCC/C=C\C/C=C\CCCCC)COC(=O)CCCCCCCCCCC/C=C\CCCCCCCC. The van der Waals surface area contributed by atoms with E-state index >= 15 is 0 Å². The van der Waals surface area contributed by atoms with Crippen molar-refractivity contribution >= 4 is 17.9 Å². The Bertz CT molecular complexity index is 1250. The van der Waals surface area contributed by atoms with Crippen LogP contribution in [0.4, 0.5) is 0 Å². The summed E-state index contributed by atoms with van der Waals surface area (Å²) in [5, 5.41) is 0. The molecule has 0 aromatic heterocycles. The molecule has 0 aliphatic heterocycles. The smallest absolute Gasteiger partial charge is 0.306 e. The third-order valence-electron chi connectivity index (χ3n) is 13.0. The minimum Gasteiger partial charge on any atom is -0.462 e. The van der Waals surface area contributed by atoms with Crippen LogP contribution in [0.3, 0.4) is 0 Å². The Kier molecular flexibility index (Phi) is 55.3. The maximum absolute atomic E-state index is 12.9. The van der Waals surface area contributed by atoms with Crippen LogP contribution >= 0.6 is 0 Å². The lowest BCUT2D eigenvalue weighted by atomic mass is 10.1. The van der Waals surface area contributed by atoms with Gasteiger partial charge in [0.25, 0.3) is 0 Å². The van der Waals surface area contributed by atoms with Crippen molar-refractivity contribution < 1.29 is 28.6 Å². The number of esters is 3. The summed E-state index contributed by atoms with van der Waals surface area (Å²) in [7, 11) is 0. The zero-order valence-corrected chi connectivity index (χ0v) is 45.8. The number of hydrogen-bond acceptors (Lipinski definition) is 6. The number of allylic oxidation sites excluding steroid dienone is 10. The van der Waals surface area contributed by atoms with E-state index in [4.69, 9.17) is 14.2 Å². The molecule has 69 heavy (non-hydrogen) atoms. The molecular formula is C63H112O6. The van der Waals surface area contributed by atoms with Gasteiger partial charge in [0, 0.05) is 19.3 Å². The van der Waals surface area contributed by atoms with Crippen LogP contribution in [-0.2, 0) is 28.6 Å². The van der Waals surface area contributed by atoms with Gasteiger partial charge in [-0.3, -0.25) is 14.4 Å². The second kappa shape index (κ2) is 57.7. The van der Waals surface area contributed by atoms with E-state index in [0.29, 0.717) is 19.3 Å². The summed E-state index contributed by atoms with van der Waals surface area (Å²) in [5.74, 6) is -0.894. The van der Waals surface area contributed by atoms with Crippen LogP contribution in [0.25, 0.3) is 0 Å². The van der Waals surface area contributed by atoms with Gasteiger partial charge in [0.05, 0.1) is 0 Å². The van der Waals surface area contributed by atoms with Gasteiger partial charge in [-0.15, -0.1) is 0 Å². The Balaban J connectivity index is 4.39. The first kappa shape index (κ1) is 66.1. The van der Waals surface area contributed by atoms with Gasteiger partial charge in [-0.05, 0) is 109 Å². The van der Waals surface area contributed by atoms with Gasteiger partial charge in [0.1, 0.15) is 13.2 Å². The lowest BCUT2D eigenvalue weighted by Gasteiger charge is -2.18. The Morgan fingerprint density at radius 2 is 0.522 bits per heavy atom. The average molecular weight is 966 g/mol. The monoisotopic (exact) mass is 965 g/mol. The highest BCUT2D eigenvalue weighted by atomic mass is 16.6. The molecule has 0 aromatic carbocycles. The molecular weight excluding hydrogens is 853 g/mol. The van der Waals surface area contributed by atoms with E-state index in [2.05, 4.69) is 81.5 Å². The molecule has 0 aliphatic rings. The second-order valence-electron chi connectivity index (χ2n) is 19.9. The summed E-state index contributed by atoms with van der Waals surface area (Å²) in [6, 6.07) is 0. The molecule has 400 valence electrons. The van der Waals surface area contributed by atoms with Crippen LogP contribution in [0.2, 0.25) is 0 Å². The third kappa shape index (κ3) is 55.9. The van der Waals surface area contributed by atoms with Crippen molar-refractivity contribution in [3.05, 3.63) is 60.8 Å². The molecule has 0 aromatic rings. The van der Waals surface area contributed by atoms with Crippen molar-refractivity contribution in [2.24, 2.45) is 0 Å². The molecule has 0 rings (SSSR count). The molecule has 1 unspecified atom stereocenters. The van der Waals surface area contributed by atoms with Gasteiger partial charge in [0.15, 0.2) is 6.10 Å². The maximum atomic E-state index is 12.9. The fourth-order valence-electron chi connectivity index (χ4n) is 8.44. The van der Waals surface area contributed by atoms with Crippen LogP contribution in [0.1, 0.15) is 303 Å². The van der Waals surface area contributed by atoms with E-state index in [1.165, 1.54) is 173 Å². The van der Waals surface area contributed by atoms with Crippen molar-refractivity contribution in [2.75, 3.05) is 13.2 Å². The third-order valence-corrected chi connectivity index (χ3v) is 13.0. The van der Waals surface area contributed by atoms with Gasteiger partial charge < -0.3 is 14.2 Å². The van der Waals surface area contributed by atoms with Gasteiger partial charge in [-0.2, -0.15) is 0 Å². The van der Waals surface area contributed by atoms with Crippen molar-refractivity contribution in [1.82, 2.24) is 0 Å². The predicted octanol–water partition coefficient (Wildman–Crippen LogP) is 20.0. The molecule has 0 amide bonds. The number of ether oxygens (including phenoxy) is 3. The van der Waals surface area contributed by atoms with Gasteiger partial charge in [0.2, 0.25) is 0 Å². The zero-order chi connectivity index (χ0) is 50.0. The molecule has 0 aliphatic carbocycles. The molecule has 6 heteroatoms. The molecule has 0 radical (unpaired) electrons. The van der Waals surface area contributed by atoms with Gasteiger partial charge in [-0.1, -0.05) is 236 Å². The minimum atomic E-state index is -0.785. The standard InChI is InChI=1S/C63H112O6/c1-4-7-10-13-16-19-22-25-28-30-31-33-35-38-41-44-47-50-53-56-62(65)68-59-60(58-67-61(64)55-52-49-46-43-40-37-34-27-24-21-18-15-12-9-6-3)69-63(66)57-54-51-48-45-42-39-36-32-29-26-23-20-17-14-11-8-5-2/h17-18,20-21,25-29,34,60H,4-16,19,22-24,30-33,35-59H2,1-3H3/b20-17-,21-18-,28-25-,29-26-,34-27-. The van der Waals surface area contributed by atoms with Crippen molar-refractivity contribution in [3.63, 3.8) is 0 Å². The number of hydrogen-bond donors (Lipinski definition) is 0. The Morgan fingerprint density at radius 3 is 0.841 bits per heavy atom. The highest BCUT2D eigenvalue weighted by Crippen LogP contribution is 2.15. The van der Waals surface area contributed by atoms with Crippen LogP contribution in [0, 0.1) is 0 Å². The van der Waals surface area contributed by atoms with Crippen LogP contribution in [0.5, 0.6) is 0 Å². The summed E-state index contributed by atoms with van der Waals surface area (Å²) in [5.41, 5.74) is 0. The zero-order valence-electron chi connectivity index (χ0n) is 45.8. The van der Waals surface area contributed by atoms with Crippen molar-refractivity contribution in [3.8, 4) is 0 Å². The number of carbonyl (C=O) groups excluding carboxylic acids is 3. The quantitative estimate of drug-likeness (QED) is 0.0262. The summed E-state index contributed by atoms with van der Waals surface area (Å²) in [6.45, 7) is 6.59. The molecule has 0 saturated heterocycles. The first-order valence-corrected chi connectivity index (χ1v) is 29.8. The topological polar surface area (TPSA) is 78.9 Å². The maximum Gasteiger partial charge on any atom is 0.306 e. The van der Waals surface area contributed by atoms with E-state index in [0.717, 1.165) is 89.9 Å². The molecule has 0 bridgehead atoms. The van der Waals surface area contributed by atoms with Gasteiger partial charge in [-0.25, -0.2) is 0 Å². The molecule has 0 saturated carbocycles. The number of rotatable bonds is 54. The molecule has 0 spiro atoms. The summed E-state index contributed by atoms with van der Waals surface area (Å²) in [6.07, 6.45) is 72.0. The molecule has 1 atom stereocenters. The molecule has 0 heterocycles. The summed E-state index contributed by atoms with van der Waals surface area (Å²) < 4.78 is 16.9. The highest BCUT2D eigenvalue weighted by molar-refractivity contribution is 5.71. The van der Waals surface area contributed by atoms with E-state index in [-0.39, 0.29) is 31.1 Å². The fraction of sp³-hybridized carbons (Fsp3) is 0.794. The number of carbonyl (C=O) groups is 3. The first-order valence-electron chi connectivity index (χ1n) is 29.8. The van der Waals surface area contributed by atoms with Crippen molar-refractivity contribution in [2.45, 2.75) is 309 Å². The lowest BCUT2D eigenvalue weighted by molar-refractivity contribution is -0.167. The van der Waals surface area contributed by atoms with Crippen LogP contribution < -0.4 is 0 Å². The number of unbranched alkanes of at least 4 members (excludes halogenated alkanes) is 33. The van der Waals surface area contributed by atoms with E-state index in [1.807, 2.05) is 0 Å². The minimum absolute atomic E-state index is 0.0819. The van der Waals surface area contributed by atoms with E-state index in [1.54, 1.807) is 0 Å². The van der Waals surface area contributed by atoms with Crippen molar-refractivity contribution in [1.29, 1.82) is 0 Å². The Hall–Kier alpha value is -2.89. The predicted molar refractivity (Wildman–Crippen MR) is 298 cm³/mol. The fourth-order valence-corrected chi connectivity index (χ4v) is 8.44. The lowest BCUT2D eigenvalue weighted by Crippen LogP contribution is -2.30. The normalized spacial score (nSPS) is 12.4. The highest BCUT2D eigenvalue weighted by Gasteiger charge is 2.19. The average Bonchev–Trinajstić information content (AvgIpc) is 3.35. The van der Waals surface area contributed by atoms with Gasteiger partial charge >= 0.3 is 17.9 Å². The molecule has 0 fully saturated rings. The Morgan fingerprint density at radius 1 is 0.290 bits per heavy atom. The molecule has 6 nitrogen and oxygen atoms in total. The van der Waals surface area contributed by atoms with E-state index < -0.39 is 6.10 Å². The first-order chi connectivity index (χ1) is 34.0. The summed E-state index contributed by atoms with van der Waals surface area (Å²) in [4.78, 5) is 38.2. The largest absolute Gasteiger partial charge is 0.462 e. The Labute approximate surface area is 428 Å². The van der Waals surface area contributed by atoms with E-state index in [9.17, 15) is 14.4 Å². The second-order valence-corrected chi connectivity index (χ2v) is 19.9.